The molecule has 0 radical (unpaired) electrons. The van der Waals surface area contributed by atoms with Crippen molar-refractivity contribution < 1.29 is 23.0 Å². The first-order valence-electron chi connectivity index (χ1n) is 10.0. The van der Waals surface area contributed by atoms with Gasteiger partial charge in [-0.05, 0) is 56.8 Å². The molecular weight excluding hydrogens is 454 g/mol. The average Bonchev–Trinajstić information content (AvgIpc) is 3.20. The minimum absolute atomic E-state index is 0.128. The maximum absolute atomic E-state index is 14.2. The molecule has 2 aromatic heterocycles. The highest BCUT2D eigenvalue weighted by atomic mass is 32.1. The van der Waals surface area contributed by atoms with Crippen LogP contribution < -0.4 is 15.6 Å². The monoisotopic (exact) mass is 478 g/mol. The van der Waals surface area contributed by atoms with Crippen molar-refractivity contribution in [2.75, 3.05) is 13.2 Å². The van der Waals surface area contributed by atoms with Gasteiger partial charge in [-0.2, -0.15) is 0 Å². The molecule has 176 valence electrons. The molecule has 8 nitrogen and oxygen atoms in total. The van der Waals surface area contributed by atoms with Crippen molar-refractivity contribution in [1.82, 2.24) is 19.9 Å². The second kappa shape index (κ2) is 9.99. The molecule has 0 saturated heterocycles. The van der Waals surface area contributed by atoms with E-state index in [1.165, 1.54) is 12.1 Å². The van der Waals surface area contributed by atoms with Gasteiger partial charge >= 0.3 is 6.09 Å². The molecule has 3 aromatic rings. The summed E-state index contributed by atoms with van der Waals surface area (Å²) in [5.74, 6) is -0.385. The lowest BCUT2D eigenvalue weighted by Gasteiger charge is -2.20. The first-order chi connectivity index (χ1) is 15.6. The number of aromatic amines is 2. The Labute approximate surface area is 193 Å². The first kappa shape index (κ1) is 24.2. The van der Waals surface area contributed by atoms with Crippen molar-refractivity contribution in [3.05, 3.63) is 68.9 Å². The molecule has 0 aliphatic heterocycles. The van der Waals surface area contributed by atoms with Crippen LogP contribution in [0.15, 0.2) is 47.2 Å². The van der Waals surface area contributed by atoms with Crippen molar-refractivity contribution in [1.29, 1.82) is 0 Å². The molecule has 2 heterocycles. The van der Waals surface area contributed by atoms with E-state index in [-0.39, 0.29) is 41.3 Å². The number of rotatable bonds is 7. The summed E-state index contributed by atoms with van der Waals surface area (Å²) >= 11 is 5.26. The lowest BCUT2D eigenvalue weighted by Crippen LogP contribution is -2.34. The van der Waals surface area contributed by atoms with E-state index >= 15 is 0 Å². The van der Waals surface area contributed by atoms with Gasteiger partial charge in [-0.15, -0.1) is 0 Å². The van der Waals surface area contributed by atoms with E-state index in [4.69, 9.17) is 21.7 Å². The highest BCUT2D eigenvalue weighted by Crippen LogP contribution is 2.20. The fourth-order valence-corrected chi connectivity index (χ4v) is 3.29. The number of nitrogens with one attached hydrogen (secondary N) is 3. The number of benzene rings is 1. The van der Waals surface area contributed by atoms with Gasteiger partial charge < -0.3 is 24.3 Å². The Morgan fingerprint density at radius 1 is 1.30 bits per heavy atom. The van der Waals surface area contributed by atoms with Crippen molar-refractivity contribution in [2.45, 2.75) is 32.9 Å². The fourth-order valence-electron chi connectivity index (χ4n) is 3.04. The summed E-state index contributed by atoms with van der Waals surface area (Å²) in [6.45, 7) is 4.96. The maximum Gasteiger partial charge on any atom is 0.407 e. The van der Waals surface area contributed by atoms with Crippen LogP contribution in [0.2, 0.25) is 0 Å². The molecule has 11 heteroatoms. The van der Waals surface area contributed by atoms with Crippen LogP contribution in [0, 0.1) is 10.6 Å². The van der Waals surface area contributed by atoms with Gasteiger partial charge in [-0.1, -0.05) is 0 Å². The number of ether oxygens (including phenoxy) is 2. The molecule has 0 unspecified atom stereocenters. The van der Waals surface area contributed by atoms with E-state index in [1.807, 2.05) is 0 Å². The number of fused-ring (bicyclic) bond motifs is 1. The Kier molecular flexibility index (Phi) is 7.32. The second-order valence-corrected chi connectivity index (χ2v) is 8.68. The maximum atomic E-state index is 14.2. The van der Waals surface area contributed by atoms with Crippen LogP contribution in [0.25, 0.3) is 11.0 Å². The summed E-state index contributed by atoms with van der Waals surface area (Å²) in [5, 5.41) is 2.44. The number of aromatic nitrogens is 3. The standard InChI is InChI=1S/C22H24F2N4O4S/c1-22(2,3)32-21(30)26-10-14(9-23)12-31-16-7-13(6-15(24)8-16)11-28-17-4-5-25-18(17)19(29)27-20(28)33/h4-9,25H,10-12H2,1-3H3,(H,26,30)(H,27,29,33)/b14-9+. The minimum Gasteiger partial charge on any atom is -0.489 e. The third-order valence-electron chi connectivity index (χ3n) is 4.42. The minimum atomic E-state index is -0.691. The van der Waals surface area contributed by atoms with Crippen LogP contribution in [0.5, 0.6) is 5.75 Å². The van der Waals surface area contributed by atoms with Crippen molar-refractivity contribution in [3.8, 4) is 5.75 Å². The zero-order valence-corrected chi connectivity index (χ0v) is 19.1. The molecule has 0 aliphatic rings. The van der Waals surface area contributed by atoms with Crippen LogP contribution in [0.4, 0.5) is 13.6 Å². The molecular formula is C22H24F2N4O4S. The fraction of sp³-hybridized carbons (Fsp3) is 0.318. The van der Waals surface area contributed by atoms with Crippen LogP contribution in [-0.2, 0) is 11.3 Å². The summed E-state index contributed by atoms with van der Waals surface area (Å²) in [5.41, 5.74) is 0.554. The predicted molar refractivity (Wildman–Crippen MR) is 122 cm³/mol. The summed E-state index contributed by atoms with van der Waals surface area (Å²) < 4.78 is 39.9. The van der Waals surface area contributed by atoms with Crippen molar-refractivity contribution in [3.63, 3.8) is 0 Å². The van der Waals surface area contributed by atoms with Gasteiger partial charge in [0.2, 0.25) is 0 Å². The molecule has 1 amide bonds. The van der Waals surface area contributed by atoms with Gasteiger partial charge in [0.05, 0.1) is 18.4 Å². The van der Waals surface area contributed by atoms with Gasteiger partial charge in [-0.3, -0.25) is 9.78 Å². The number of alkyl carbamates (subject to hydrolysis) is 1. The number of halogens is 2. The highest BCUT2D eigenvalue weighted by Gasteiger charge is 2.16. The lowest BCUT2D eigenvalue weighted by molar-refractivity contribution is 0.0531. The molecule has 0 spiro atoms. The molecule has 0 aliphatic carbocycles. The Hall–Kier alpha value is -3.47. The molecule has 1 aromatic carbocycles. The van der Waals surface area contributed by atoms with Crippen LogP contribution in [-0.4, -0.2) is 39.4 Å². The number of H-pyrrole nitrogens is 2. The van der Waals surface area contributed by atoms with E-state index < -0.39 is 17.5 Å². The molecule has 0 saturated carbocycles. The Morgan fingerprint density at radius 2 is 2.06 bits per heavy atom. The average molecular weight is 479 g/mol. The van der Waals surface area contributed by atoms with Crippen molar-refractivity contribution >= 4 is 29.3 Å². The largest absolute Gasteiger partial charge is 0.489 e. The zero-order valence-electron chi connectivity index (χ0n) is 18.3. The third-order valence-corrected chi connectivity index (χ3v) is 4.74. The number of amides is 1. The Balaban J connectivity index is 1.70. The van der Waals surface area contributed by atoms with Crippen molar-refractivity contribution in [2.24, 2.45) is 0 Å². The third kappa shape index (κ3) is 6.51. The van der Waals surface area contributed by atoms with Crippen LogP contribution >= 0.6 is 12.2 Å². The molecule has 33 heavy (non-hydrogen) atoms. The topological polar surface area (TPSA) is 101 Å². The van der Waals surface area contributed by atoms with Crippen LogP contribution in [0.1, 0.15) is 26.3 Å². The number of carbonyl (C=O) groups excluding carboxylic acids is 1. The smallest absolute Gasteiger partial charge is 0.407 e. The number of carbonyl (C=O) groups is 1. The SMILES string of the molecule is CC(C)(C)OC(=O)NC/C(=C\F)COc1cc(F)cc(Cn2c(=S)[nH]c(=O)c3[nH]ccc32)c1. The zero-order chi connectivity index (χ0) is 24.2. The number of hydrogen-bond acceptors (Lipinski definition) is 5. The summed E-state index contributed by atoms with van der Waals surface area (Å²) in [7, 11) is 0. The summed E-state index contributed by atoms with van der Waals surface area (Å²) in [4.78, 5) is 29.1. The normalized spacial score (nSPS) is 12.1. The second-order valence-electron chi connectivity index (χ2n) is 8.29. The Bertz CT molecular complexity index is 1300. The van der Waals surface area contributed by atoms with Gasteiger partial charge in [0.1, 0.15) is 29.3 Å². The van der Waals surface area contributed by atoms with E-state index in [0.717, 1.165) is 0 Å². The van der Waals surface area contributed by atoms with Gasteiger partial charge in [0, 0.05) is 24.4 Å². The molecule has 3 rings (SSSR count). The summed E-state index contributed by atoms with van der Waals surface area (Å²) in [6, 6.07) is 5.77. The molecule has 0 atom stereocenters. The summed E-state index contributed by atoms with van der Waals surface area (Å²) in [6.07, 6.45) is 1.24. The van der Waals surface area contributed by atoms with Gasteiger partial charge in [0.15, 0.2) is 4.77 Å². The van der Waals surface area contributed by atoms with E-state index in [1.54, 1.807) is 43.7 Å². The molecule has 3 N–H and O–H groups in total. The number of hydrogen-bond donors (Lipinski definition) is 3. The quantitative estimate of drug-likeness (QED) is 0.439. The Morgan fingerprint density at radius 3 is 2.76 bits per heavy atom. The van der Waals surface area contributed by atoms with Crippen LogP contribution in [0.3, 0.4) is 0 Å². The van der Waals surface area contributed by atoms with Gasteiger partial charge in [-0.25, -0.2) is 13.6 Å². The first-order valence-corrected chi connectivity index (χ1v) is 10.4. The molecule has 0 fully saturated rings. The van der Waals surface area contributed by atoms with E-state index in [2.05, 4.69) is 15.3 Å². The van der Waals surface area contributed by atoms with Gasteiger partial charge in [0.25, 0.3) is 5.56 Å². The predicted octanol–water partition coefficient (Wildman–Crippen LogP) is 4.33. The van der Waals surface area contributed by atoms with E-state index in [9.17, 15) is 18.4 Å². The van der Waals surface area contributed by atoms with E-state index in [0.29, 0.717) is 22.9 Å². The molecule has 0 bridgehead atoms. The lowest BCUT2D eigenvalue weighted by atomic mass is 10.2. The highest BCUT2D eigenvalue weighted by molar-refractivity contribution is 7.71. The number of nitrogens with zero attached hydrogens (tertiary/aromatic N) is 1.